The van der Waals surface area contributed by atoms with Gasteiger partial charge in [-0.2, -0.15) is 0 Å². The average molecular weight is 227 g/mol. The third-order valence-corrected chi connectivity index (χ3v) is 3.63. The van der Waals surface area contributed by atoms with Gasteiger partial charge >= 0.3 is 0 Å². The zero-order valence-corrected chi connectivity index (χ0v) is 10.1. The normalized spacial score (nSPS) is 17.9. The van der Waals surface area contributed by atoms with Gasteiger partial charge in [-0.15, -0.1) is 0 Å². The Balaban J connectivity index is 2.16. The van der Waals surface area contributed by atoms with E-state index in [0.29, 0.717) is 0 Å². The van der Waals surface area contributed by atoms with Crippen LogP contribution in [0.25, 0.3) is 10.8 Å². The Morgan fingerprint density at radius 3 is 2.59 bits per heavy atom. The summed E-state index contributed by atoms with van der Waals surface area (Å²) in [6.07, 6.45) is 0. The lowest BCUT2D eigenvalue weighted by atomic mass is 9.76. The van der Waals surface area contributed by atoms with Crippen LogP contribution in [-0.4, -0.2) is 26.8 Å². The molecule has 0 amide bonds. The Labute approximate surface area is 102 Å². The maximum Gasteiger partial charge on any atom is 0.0598 e. The molecule has 3 rings (SSSR count). The van der Waals surface area contributed by atoms with Gasteiger partial charge in [0.2, 0.25) is 0 Å². The fourth-order valence-electron chi connectivity index (χ4n) is 2.73. The van der Waals surface area contributed by atoms with Crippen molar-refractivity contribution in [3.8, 4) is 0 Å². The molecule has 0 aromatic heterocycles. The predicted octanol–water partition coefficient (Wildman–Crippen LogP) is 2.33. The Kier molecular flexibility index (Phi) is 2.61. The standard InChI is InChI=1S/C15H17NO/c1-16-9-15(10-17-11-15)14-8-4-6-12-5-2-3-7-13(12)14/h2-8,16H,9-11H2,1H3. The maximum atomic E-state index is 5.45. The molecule has 1 fully saturated rings. The van der Waals surface area contributed by atoms with E-state index in [1.54, 1.807) is 0 Å². The summed E-state index contributed by atoms with van der Waals surface area (Å²) in [6.45, 7) is 2.62. The minimum atomic E-state index is 0.162. The monoisotopic (exact) mass is 227 g/mol. The highest BCUT2D eigenvalue weighted by Gasteiger charge is 2.40. The molecule has 0 spiro atoms. The zero-order valence-electron chi connectivity index (χ0n) is 10.1. The summed E-state index contributed by atoms with van der Waals surface area (Å²) >= 11 is 0. The number of fused-ring (bicyclic) bond motifs is 1. The highest BCUT2D eigenvalue weighted by molar-refractivity contribution is 5.86. The Hall–Kier alpha value is -1.38. The smallest absolute Gasteiger partial charge is 0.0598 e. The zero-order chi connectivity index (χ0) is 11.7. The lowest BCUT2D eigenvalue weighted by Crippen LogP contribution is -2.53. The summed E-state index contributed by atoms with van der Waals surface area (Å²) in [5.41, 5.74) is 1.58. The van der Waals surface area contributed by atoms with Gasteiger partial charge in [-0.05, 0) is 23.4 Å². The molecule has 0 bridgehead atoms. The van der Waals surface area contributed by atoms with Gasteiger partial charge in [-0.3, -0.25) is 0 Å². The number of nitrogens with one attached hydrogen (secondary N) is 1. The lowest BCUT2D eigenvalue weighted by molar-refractivity contribution is -0.0575. The molecular weight excluding hydrogens is 210 g/mol. The maximum absolute atomic E-state index is 5.45. The van der Waals surface area contributed by atoms with E-state index in [4.69, 9.17) is 4.74 Å². The first-order chi connectivity index (χ1) is 8.36. The molecule has 1 N–H and O–H groups in total. The molecule has 2 aromatic carbocycles. The van der Waals surface area contributed by atoms with Crippen molar-refractivity contribution < 1.29 is 4.74 Å². The van der Waals surface area contributed by atoms with E-state index in [2.05, 4.69) is 47.8 Å². The predicted molar refractivity (Wildman–Crippen MR) is 70.4 cm³/mol. The molecule has 0 aliphatic carbocycles. The quantitative estimate of drug-likeness (QED) is 0.869. The van der Waals surface area contributed by atoms with E-state index in [9.17, 15) is 0 Å². The Morgan fingerprint density at radius 1 is 1.12 bits per heavy atom. The fraction of sp³-hybridized carbons (Fsp3) is 0.333. The van der Waals surface area contributed by atoms with Gasteiger partial charge in [0, 0.05) is 6.54 Å². The van der Waals surface area contributed by atoms with Crippen LogP contribution in [0.15, 0.2) is 42.5 Å². The van der Waals surface area contributed by atoms with Crippen LogP contribution in [0, 0.1) is 0 Å². The van der Waals surface area contributed by atoms with Gasteiger partial charge in [0.15, 0.2) is 0 Å². The Morgan fingerprint density at radius 2 is 1.88 bits per heavy atom. The second kappa shape index (κ2) is 4.13. The van der Waals surface area contributed by atoms with Crippen LogP contribution in [0.5, 0.6) is 0 Å². The first-order valence-electron chi connectivity index (χ1n) is 6.06. The van der Waals surface area contributed by atoms with E-state index in [-0.39, 0.29) is 5.41 Å². The van der Waals surface area contributed by atoms with Crippen LogP contribution in [0.4, 0.5) is 0 Å². The van der Waals surface area contributed by atoms with Gasteiger partial charge in [0.1, 0.15) is 0 Å². The highest BCUT2D eigenvalue weighted by atomic mass is 16.5. The number of hydrogen-bond donors (Lipinski definition) is 1. The van der Waals surface area contributed by atoms with Crippen LogP contribution >= 0.6 is 0 Å². The molecule has 88 valence electrons. The van der Waals surface area contributed by atoms with Crippen molar-refractivity contribution in [3.05, 3.63) is 48.0 Å². The first-order valence-corrected chi connectivity index (χ1v) is 6.06. The van der Waals surface area contributed by atoms with E-state index >= 15 is 0 Å². The second-order valence-corrected chi connectivity index (χ2v) is 4.83. The van der Waals surface area contributed by atoms with Crippen molar-refractivity contribution in [1.29, 1.82) is 0 Å². The number of ether oxygens (including phenoxy) is 1. The van der Waals surface area contributed by atoms with Crippen LogP contribution in [0.3, 0.4) is 0 Å². The highest BCUT2D eigenvalue weighted by Crippen LogP contribution is 2.36. The summed E-state index contributed by atoms with van der Waals surface area (Å²) in [4.78, 5) is 0. The van der Waals surface area contributed by atoms with Crippen LogP contribution < -0.4 is 5.32 Å². The minimum Gasteiger partial charge on any atom is -0.379 e. The van der Waals surface area contributed by atoms with Gasteiger partial charge in [-0.25, -0.2) is 0 Å². The third-order valence-electron chi connectivity index (χ3n) is 3.63. The average Bonchev–Trinajstić information content (AvgIpc) is 2.33. The van der Waals surface area contributed by atoms with Crippen molar-refractivity contribution in [2.24, 2.45) is 0 Å². The number of likely N-dealkylation sites (N-methyl/N-ethyl adjacent to an activating group) is 1. The van der Waals surface area contributed by atoms with Crippen LogP contribution in [0.2, 0.25) is 0 Å². The molecule has 0 unspecified atom stereocenters. The minimum absolute atomic E-state index is 0.162. The van der Waals surface area contributed by atoms with Crippen LogP contribution in [0.1, 0.15) is 5.56 Å². The summed E-state index contributed by atoms with van der Waals surface area (Å²) in [7, 11) is 2.01. The van der Waals surface area contributed by atoms with E-state index in [0.717, 1.165) is 19.8 Å². The molecular formula is C15H17NO. The Bertz CT molecular complexity index is 526. The van der Waals surface area contributed by atoms with Crippen molar-refractivity contribution in [2.75, 3.05) is 26.8 Å². The van der Waals surface area contributed by atoms with Crippen LogP contribution in [-0.2, 0) is 10.2 Å². The molecule has 2 heteroatoms. The van der Waals surface area contributed by atoms with Crippen molar-refractivity contribution >= 4 is 10.8 Å². The van der Waals surface area contributed by atoms with E-state index < -0.39 is 0 Å². The molecule has 1 heterocycles. The van der Waals surface area contributed by atoms with Gasteiger partial charge in [-0.1, -0.05) is 42.5 Å². The topological polar surface area (TPSA) is 21.3 Å². The molecule has 17 heavy (non-hydrogen) atoms. The molecule has 0 atom stereocenters. The SMILES string of the molecule is CNCC1(c2cccc3ccccc23)COC1. The fourth-order valence-corrected chi connectivity index (χ4v) is 2.73. The summed E-state index contributed by atoms with van der Waals surface area (Å²) in [5, 5.41) is 5.96. The molecule has 2 nitrogen and oxygen atoms in total. The van der Waals surface area contributed by atoms with Crippen molar-refractivity contribution in [2.45, 2.75) is 5.41 Å². The van der Waals surface area contributed by atoms with E-state index in [1.807, 2.05) is 7.05 Å². The van der Waals surface area contributed by atoms with Gasteiger partial charge in [0.25, 0.3) is 0 Å². The van der Waals surface area contributed by atoms with Gasteiger partial charge in [0.05, 0.1) is 18.6 Å². The molecule has 0 saturated carbocycles. The second-order valence-electron chi connectivity index (χ2n) is 4.83. The third kappa shape index (κ3) is 1.65. The summed E-state index contributed by atoms with van der Waals surface area (Å²) < 4.78 is 5.45. The summed E-state index contributed by atoms with van der Waals surface area (Å²) in [6, 6.07) is 15.1. The molecule has 0 radical (unpaired) electrons. The van der Waals surface area contributed by atoms with Crippen molar-refractivity contribution in [3.63, 3.8) is 0 Å². The molecule has 2 aromatic rings. The van der Waals surface area contributed by atoms with Gasteiger partial charge < -0.3 is 10.1 Å². The van der Waals surface area contributed by atoms with Crippen molar-refractivity contribution in [1.82, 2.24) is 5.32 Å². The molecule has 1 aliphatic rings. The number of rotatable bonds is 3. The largest absolute Gasteiger partial charge is 0.379 e. The molecule has 1 saturated heterocycles. The van der Waals surface area contributed by atoms with E-state index in [1.165, 1.54) is 16.3 Å². The summed E-state index contributed by atoms with van der Waals surface area (Å²) in [5.74, 6) is 0. The lowest BCUT2D eigenvalue weighted by Gasteiger charge is -2.42. The number of benzene rings is 2. The number of hydrogen-bond acceptors (Lipinski definition) is 2. The molecule has 1 aliphatic heterocycles. The first kappa shape index (κ1) is 10.8.